The Labute approximate surface area is 234 Å². The quantitative estimate of drug-likeness (QED) is 0.330. The van der Waals surface area contributed by atoms with Gasteiger partial charge in [-0.25, -0.2) is 4.79 Å². The first-order valence-corrected chi connectivity index (χ1v) is 14.5. The zero-order valence-corrected chi connectivity index (χ0v) is 24.5. The van der Waals surface area contributed by atoms with Crippen molar-refractivity contribution in [2.45, 2.75) is 85.0 Å². The number of ether oxygens (including phenoxy) is 2. The van der Waals surface area contributed by atoms with Crippen molar-refractivity contribution in [3.63, 3.8) is 0 Å². The number of amides is 1. The summed E-state index contributed by atoms with van der Waals surface area (Å²) in [4.78, 5) is 29.0. The molecule has 1 unspecified atom stereocenters. The van der Waals surface area contributed by atoms with Crippen molar-refractivity contribution in [2.24, 2.45) is 11.8 Å². The normalized spacial score (nSPS) is 18.5. The van der Waals surface area contributed by atoms with Crippen LogP contribution in [0.25, 0.3) is 10.8 Å². The van der Waals surface area contributed by atoms with Crippen LogP contribution in [0.1, 0.15) is 84.4 Å². The third-order valence-electron chi connectivity index (χ3n) is 7.73. The maximum atomic E-state index is 12.4. The van der Waals surface area contributed by atoms with Crippen LogP contribution < -0.4 is 0 Å². The zero-order valence-electron chi connectivity index (χ0n) is 24.5. The molecule has 2 saturated heterocycles. The molecule has 2 aliphatic rings. The lowest BCUT2D eigenvalue weighted by Gasteiger charge is -2.36. The third kappa shape index (κ3) is 7.54. The number of hydrogen-bond acceptors (Lipinski definition) is 5. The molecule has 2 aromatic rings. The van der Waals surface area contributed by atoms with E-state index in [1.54, 1.807) is 4.90 Å². The number of nitrogens with zero attached hydrogens (tertiary/aromatic N) is 2. The minimum Gasteiger partial charge on any atom is -0.463 e. The molecule has 0 spiro atoms. The van der Waals surface area contributed by atoms with Gasteiger partial charge in [-0.1, -0.05) is 42.2 Å². The standard InChI is InChI=1S/C33H44N2O4/c1-23(2)38-31(36)27-17-21-34(22-18-27)24(3)28-10-8-11-29-26(9-7-12-30(28)29)14-13-25-15-19-35(20-16-25)32(37)39-33(4,5)6/h7-12,23-25,27H,15-22H2,1-6H3. The number of piperidine rings is 2. The Hall–Kier alpha value is -3.04. The van der Waals surface area contributed by atoms with Gasteiger partial charge < -0.3 is 14.4 Å². The highest BCUT2D eigenvalue weighted by Gasteiger charge is 2.30. The van der Waals surface area contributed by atoms with Crippen molar-refractivity contribution in [1.29, 1.82) is 0 Å². The van der Waals surface area contributed by atoms with Crippen molar-refractivity contribution in [2.75, 3.05) is 26.2 Å². The van der Waals surface area contributed by atoms with Gasteiger partial charge in [-0.05, 0) is 103 Å². The molecule has 6 heteroatoms. The molecule has 0 saturated carbocycles. The minimum absolute atomic E-state index is 0.00115. The molecule has 1 atom stereocenters. The predicted octanol–water partition coefficient (Wildman–Crippen LogP) is 6.56. The lowest BCUT2D eigenvalue weighted by molar-refractivity contribution is -0.154. The van der Waals surface area contributed by atoms with Gasteiger partial charge in [-0.15, -0.1) is 0 Å². The minimum atomic E-state index is -0.476. The highest BCUT2D eigenvalue weighted by Crippen LogP contribution is 2.33. The molecule has 2 aliphatic heterocycles. The molecule has 210 valence electrons. The number of esters is 1. The van der Waals surface area contributed by atoms with Gasteiger partial charge in [0.2, 0.25) is 0 Å². The summed E-state index contributed by atoms with van der Waals surface area (Å²) < 4.78 is 11.0. The summed E-state index contributed by atoms with van der Waals surface area (Å²) in [6, 6.07) is 13.2. The summed E-state index contributed by atoms with van der Waals surface area (Å²) in [5.74, 6) is 7.18. The van der Waals surface area contributed by atoms with Gasteiger partial charge in [-0.2, -0.15) is 0 Å². The van der Waals surface area contributed by atoms with Gasteiger partial charge in [0.25, 0.3) is 0 Å². The number of fused-ring (bicyclic) bond motifs is 1. The van der Waals surface area contributed by atoms with Gasteiger partial charge in [0.15, 0.2) is 0 Å². The maximum Gasteiger partial charge on any atom is 0.410 e. The Kier molecular flexibility index (Phi) is 9.23. The van der Waals surface area contributed by atoms with Gasteiger partial charge >= 0.3 is 12.1 Å². The molecule has 2 heterocycles. The number of carbonyl (C=O) groups is 2. The van der Waals surface area contributed by atoms with E-state index in [1.807, 2.05) is 34.6 Å². The van der Waals surface area contributed by atoms with Crippen molar-refractivity contribution in [3.05, 3.63) is 47.5 Å². The highest BCUT2D eigenvalue weighted by molar-refractivity contribution is 5.91. The van der Waals surface area contributed by atoms with E-state index in [0.29, 0.717) is 13.1 Å². The molecule has 0 bridgehead atoms. The largest absolute Gasteiger partial charge is 0.463 e. The first kappa shape index (κ1) is 29.0. The summed E-state index contributed by atoms with van der Waals surface area (Å²) in [7, 11) is 0. The van der Waals surface area contributed by atoms with Gasteiger partial charge in [-0.3, -0.25) is 9.69 Å². The van der Waals surface area contributed by atoms with Crippen LogP contribution in [0.15, 0.2) is 36.4 Å². The second kappa shape index (κ2) is 12.4. The maximum absolute atomic E-state index is 12.4. The lowest BCUT2D eigenvalue weighted by Crippen LogP contribution is -2.41. The first-order chi connectivity index (χ1) is 18.5. The number of likely N-dealkylation sites (tertiary alicyclic amines) is 2. The number of hydrogen-bond donors (Lipinski definition) is 0. The van der Waals surface area contributed by atoms with E-state index < -0.39 is 5.60 Å². The van der Waals surface area contributed by atoms with Crippen LogP contribution in [-0.4, -0.2) is 59.7 Å². The second-order valence-corrected chi connectivity index (χ2v) is 12.2. The topological polar surface area (TPSA) is 59.1 Å². The summed E-state index contributed by atoms with van der Waals surface area (Å²) >= 11 is 0. The van der Waals surface area contributed by atoms with Gasteiger partial charge in [0, 0.05) is 30.6 Å². The fraction of sp³-hybridized carbons (Fsp3) is 0.576. The zero-order chi connectivity index (χ0) is 28.2. The van der Waals surface area contributed by atoms with Crippen molar-refractivity contribution < 1.29 is 19.1 Å². The monoisotopic (exact) mass is 532 g/mol. The molecule has 2 aromatic carbocycles. The van der Waals surface area contributed by atoms with Crippen molar-refractivity contribution in [3.8, 4) is 11.8 Å². The van der Waals surface area contributed by atoms with E-state index in [1.165, 1.54) is 16.3 Å². The number of benzene rings is 2. The fourth-order valence-corrected chi connectivity index (χ4v) is 5.57. The molecule has 2 fully saturated rings. The molecule has 39 heavy (non-hydrogen) atoms. The summed E-state index contributed by atoms with van der Waals surface area (Å²) in [5.41, 5.74) is 1.87. The molecular weight excluding hydrogens is 488 g/mol. The molecular formula is C33H44N2O4. The molecule has 0 N–H and O–H groups in total. The van der Waals surface area contributed by atoms with E-state index in [0.717, 1.165) is 44.3 Å². The van der Waals surface area contributed by atoms with E-state index >= 15 is 0 Å². The predicted molar refractivity (Wildman–Crippen MR) is 155 cm³/mol. The van der Waals surface area contributed by atoms with Gasteiger partial charge in [0.05, 0.1) is 12.0 Å². The molecule has 6 nitrogen and oxygen atoms in total. The molecule has 1 amide bonds. The second-order valence-electron chi connectivity index (χ2n) is 12.2. The lowest BCUT2D eigenvalue weighted by atomic mass is 9.92. The van der Waals surface area contributed by atoms with Crippen LogP contribution in [-0.2, 0) is 14.3 Å². The van der Waals surface area contributed by atoms with Crippen molar-refractivity contribution in [1.82, 2.24) is 9.80 Å². The summed E-state index contributed by atoms with van der Waals surface area (Å²) in [6.07, 6.45) is 3.10. The average Bonchev–Trinajstić information content (AvgIpc) is 2.90. The Balaban J connectivity index is 1.42. The smallest absolute Gasteiger partial charge is 0.410 e. The van der Waals surface area contributed by atoms with E-state index in [9.17, 15) is 9.59 Å². The average molecular weight is 533 g/mol. The van der Waals surface area contributed by atoms with Crippen LogP contribution in [0.2, 0.25) is 0 Å². The van der Waals surface area contributed by atoms with E-state index in [-0.39, 0.29) is 36.0 Å². The SMILES string of the molecule is CC(C)OC(=O)C1CCN(C(C)c2cccc3c(C#CC4CCN(C(=O)OC(C)(C)C)CC4)cccc23)CC1. The summed E-state index contributed by atoms with van der Waals surface area (Å²) in [6.45, 7) is 14.9. The number of carbonyl (C=O) groups excluding carboxylic acids is 2. The van der Waals surface area contributed by atoms with Crippen LogP contribution in [0.5, 0.6) is 0 Å². The molecule has 0 aliphatic carbocycles. The highest BCUT2D eigenvalue weighted by atomic mass is 16.6. The van der Waals surface area contributed by atoms with Crippen LogP contribution in [0, 0.1) is 23.7 Å². The Morgan fingerprint density at radius 1 is 0.897 bits per heavy atom. The van der Waals surface area contributed by atoms with Crippen LogP contribution in [0.3, 0.4) is 0 Å². The number of rotatable bonds is 4. The molecule has 0 aromatic heterocycles. The molecule has 0 radical (unpaired) electrons. The molecule has 4 rings (SSSR count). The Bertz CT molecular complexity index is 1220. The Morgan fingerprint density at radius 2 is 1.54 bits per heavy atom. The van der Waals surface area contributed by atoms with E-state index in [4.69, 9.17) is 9.47 Å². The Morgan fingerprint density at radius 3 is 2.18 bits per heavy atom. The van der Waals surface area contributed by atoms with Crippen LogP contribution >= 0.6 is 0 Å². The van der Waals surface area contributed by atoms with Crippen LogP contribution in [0.4, 0.5) is 4.79 Å². The van der Waals surface area contributed by atoms with Crippen molar-refractivity contribution >= 4 is 22.8 Å². The van der Waals surface area contributed by atoms with Gasteiger partial charge in [0.1, 0.15) is 5.60 Å². The fourth-order valence-electron chi connectivity index (χ4n) is 5.57. The first-order valence-electron chi connectivity index (χ1n) is 14.5. The van der Waals surface area contributed by atoms with E-state index in [2.05, 4.69) is 60.1 Å². The third-order valence-corrected chi connectivity index (χ3v) is 7.73. The summed E-state index contributed by atoms with van der Waals surface area (Å²) in [5, 5.41) is 2.41.